The molecule has 0 fully saturated rings. The van der Waals surface area contributed by atoms with Crippen LogP contribution in [0.25, 0.3) is 0 Å². The van der Waals surface area contributed by atoms with E-state index in [1.807, 2.05) is 0 Å². The second-order valence-electron chi connectivity index (χ2n) is 3.73. The van der Waals surface area contributed by atoms with E-state index in [1.54, 1.807) is 13.8 Å². The molecular weight excluding hydrogens is 226 g/mol. The second kappa shape index (κ2) is 4.78. The third kappa shape index (κ3) is 3.14. The van der Waals surface area contributed by atoms with Crippen molar-refractivity contribution in [3.8, 4) is 6.01 Å². The van der Waals surface area contributed by atoms with Crippen LogP contribution in [-0.2, 0) is 4.79 Å². The molecule has 0 bridgehead atoms. The maximum atomic E-state index is 11.2. The van der Waals surface area contributed by atoms with E-state index in [2.05, 4.69) is 25.7 Å². The fourth-order valence-corrected chi connectivity index (χ4v) is 0.909. The van der Waals surface area contributed by atoms with Crippen molar-refractivity contribution in [2.75, 3.05) is 17.9 Å². The van der Waals surface area contributed by atoms with Gasteiger partial charge in [-0.3, -0.25) is 10.2 Å². The number of rotatable bonds is 5. The summed E-state index contributed by atoms with van der Waals surface area (Å²) in [5.41, 5.74) is 6.47. The molecule has 0 spiro atoms. The van der Waals surface area contributed by atoms with E-state index in [9.17, 15) is 4.79 Å². The Labute approximate surface area is 97.9 Å². The number of ether oxygens (including phenoxy) is 1. The van der Waals surface area contributed by atoms with Gasteiger partial charge in [0.1, 0.15) is 5.54 Å². The molecule has 1 aromatic heterocycles. The Morgan fingerprint density at radius 1 is 1.29 bits per heavy atom. The average Bonchev–Trinajstić information content (AvgIpc) is 2.27. The van der Waals surface area contributed by atoms with Crippen LogP contribution in [0, 0.1) is 0 Å². The van der Waals surface area contributed by atoms with Gasteiger partial charge in [0, 0.05) is 0 Å². The second-order valence-corrected chi connectivity index (χ2v) is 3.73. The van der Waals surface area contributed by atoms with Gasteiger partial charge in [-0.25, -0.2) is 5.84 Å². The number of methoxy groups -OCH3 is 1. The van der Waals surface area contributed by atoms with Crippen molar-refractivity contribution >= 4 is 17.8 Å². The molecule has 1 rings (SSSR count). The average molecular weight is 241 g/mol. The molecule has 0 radical (unpaired) electrons. The summed E-state index contributed by atoms with van der Waals surface area (Å²) in [5.74, 6) is 4.89. The SMILES string of the molecule is COc1nc(NN)nc(NC(C)(C)C(N)=O)n1. The van der Waals surface area contributed by atoms with Crippen molar-refractivity contribution in [1.82, 2.24) is 15.0 Å². The lowest BCUT2D eigenvalue weighted by Gasteiger charge is -2.22. The van der Waals surface area contributed by atoms with Crippen LogP contribution < -0.4 is 27.1 Å². The molecule has 0 atom stereocenters. The number of aromatic nitrogens is 3. The van der Waals surface area contributed by atoms with Crippen LogP contribution in [0.4, 0.5) is 11.9 Å². The van der Waals surface area contributed by atoms with E-state index in [1.165, 1.54) is 7.11 Å². The minimum absolute atomic E-state index is 0.0655. The van der Waals surface area contributed by atoms with E-state index >= 15 is 0 Å². The molecule has 0 unspecified atom stereocenters. The quantitative estimate of drug-likeness (QED) is 0.373. The van der Waals surface area contributed by atoms with Crippen LogP contribution in [0.2, 0.25) is 0 Å². The molecule has 0 aliphatic heterocycles. The topological polar surface area (TPSA) is 141 Å². The van der Waals surface area contributed by atoms with Gasteiger partial charge in [0.15, 0.2) is 0 Å². The van der Waals surface area contributed by atoms with Crippen LogP contribution in [-0.4, -0.2) is 33.5 Å². The summed E-state index contributed by atoms with van der Waals surface area (Å²) in [4.78, 5) is 22.8. The standard InChI is InChI=1S/C8H15N7O2/c1-8(2,4(9)16)14-5-11-6(15-10)13-7(12-5)17-3/h10H2,1-3H3,(H2,9,16)(H2,11,12,13,14,15). The number of amides is 1. The van der Waals surface area contributed by atoms with Gasteiger partial charge in [-0.05, 0) is 13.8 Å². The first kappa shape index (κ1) is 12.9. The fraction of sp³-hybridized carbons (Fsp3) is 0.500. The third-order valence-electron chi connectivity index (χ3n) is 1.97. The number of nitrogens with zero attached hydrogens (tertiary/aromatic N) is 3. The molecule has 94 valence electrons. The molecule has 0 aliphatic rings. The highest BCUT2D eigenvalue weighted by Gasteiger charge is 2.26. The number of primary amides is 1. The highest BCUT2D eigenvalue weighted by Crippen LogP contribution is 2.14. The van der Waals surface area contributed by atoms with Gasteiger partial charge in [-0.15, -0.1) is 0 Å². The number of nitrogens with two attached hydrogens (primary N) is 2. The largest absolute Gasteiger partial charge is 0.467 e. The van der Waals surface area contributed by atoms with Gasteiger partial charge in [-0.2, -0.15) is 15.0 Å². The van der Waals surface area contributed by atoms with Crippen molar-refractivity contribution in [2.24, 2.45) is 11.6 Å². The van der Waals surface area contributed by atoms with Gasteiger partial charge in [-0.1, -0.05) is 0 Å². The summed E-state index contributed by atoms with van der Waals surface area (Å²) in [6, 6.07) is 0.0655. The van der Waals surface area contributed by atoms with Crippen molar-refractivity contribution in [2.45, 2.75) is 19.4 Å². The van der Waals surface area contributed by atoms with Crippen molar-refractivity contribution in [1.29, 1.82) is 0 Å². The van der Waals surface area contributed by atoms with Crippen LogP contribution >= 0.6 is 0 Å². The van der Waals surface area contributed by atoms with Crippen LogP contribution in [0.15, 0.2) is 0 Å². The summed E-state index contributed by atoms with van der Waals surface area (Å²) < 4.78 is 4.86. The third-order valence-corrected chi connectivity index (χ3v) is 1.97. The molecule has 9 heteroatoms. The monoisotopic (exact) mass is 241 g/mol. The first-order chi connectivity index (χ1) is 7.89. The summed E-state index contributed by atoms with van der Waals surface area (Å²) in [7, 11) is 1.40. The number of nitrogen functional groups attached to an aromatic ring is 1. The summed E-state index contributed by atoms with van der Waals surface area (Å²) in [5, 5.41) is 2.75. The molecule has 17 heavy (non-hydrogen) atoms. The molecule has 1 amide bonds. The zero-order valence-electron chi connectivity index (χ0n) is 9.81. The molecule has 1 aromatic rings. The Morgan fingerprint density at radius 2 is 1.88 bits per heavy atom. The molecule has 0 saturated carbocycles. The Hall–Kier alpha value is -2.16. The minimum Gasteiger partial charge on any atom is -0.467 e. The normalized spacial score (nSPS) is 10.8. The Bertz CT molecular complexity index is 398. The van der Waals surface area contributed by atoms with Crippen LogP contribution in [0.1, 0.15) is 13.8 Å². The van der Waals surface area contributed by atoms with E-state index < -0.39 is 11.4 Å². The maximum absolute atomic E-state index is 11.2. The fourth-order valence-electron chi connectivity index (χ4n) is 0.909. The predicted octanol–water partition coefficient (Wildman–Crippen LogP) is -1.16. The van der Waals surface area contributed by atoms with Gasteiger partial charge in [0.05, 0.1) is 7.11 Å². The van der Waals surface area contributed by atoms with E-state index in [4.69, 9.17) is 16.3 Å². The molecule has 1 heterocycles. The van der Waals surface area contributed by atoms with Crippen LogP contribution in [0.3, 0.4) is 0 Å². The van der Waals surface area contributed by atoms with Crippen molar-refractivity contribution in [3.05, 3.63) is 0 Å². The first-order valence-corrected chi connectivity index (χ1v) is 4.74. The molecule has 9 nitrogen and oxygen atoms in total. The van der Waals surface area contributed by atoms with E-state index in [-0.39, 0.29) is 17.9 Å². The van der Waals surface area contributed by atoms with E-state index in [0.717, 1.165) is 0 Å². The van der Waals surface area contributed by atoms with E-state index in [0.29, 0.717) is 0 Å². The molecule has 0 aliphatic carbocycles. The smallest absolute Gasteiger partial charge is 0.322 e. The predicted molar refractivity (Wildman–Crippen MR) is 61.1 cm³/mol. The van der Waals surface area contributed by atoms with Gasteiger partial charge < -0.3 is 15.8 Å². The van der Waals surface area contributed by atoms with Gasteiger partial charge in [0.25, 0.3) is 0 Å². The number of carbonyl (C=O) groups excluding carboxylic acids is 1. The lowest BCUT2D eigenvalue weighted by molar-refractivity contribution is -0.121. The maximum Gasteiger partial charge on any atom is 0.322 e. The summed E-state index contributed by atoms with van der Waals surface area (Å²) in [6.45, 7) is 3.20. The number of hydrogen-bond acceptors (Lipinski definition) is 8. The Balaban J connectivity index is 3.02. The summed E-state index contributed by atoms with van der Waals surface area (Å²) >= 11 is 0. The molecule has 0 aromatic carbocycles. The highest BCUT2D eigenvalue weighted by atomic mass is 16.5. The zero-order valence-corrected chi connectivity index (χ0v) is 9.81. The molecular formula is C8H15N7O2. The first-order valence-electron chi connectivity index (χ1n) is 4.74. The number of hydrazine groups is 1. The lowest BCUT2D eigenvalue weighted by atomic mass is 10.1. The highest BCUT2D eigenvalue weighted by molar-refractivity contribution is 5.86. The molecule has 6 N–H and O–H groups in total. The Morgan fingerprint density at radius 3 is 2.35 bits per heavy atom. The number of carbonyl (C=O) groups is 1. The van der Waals surface area contributed by atoms with Crippen LogP contribution in [0.5, 0.6) is 6.01 Å². The zero-order chi connectivity index (χ0) is 13.1. The van der Waals surface area contributed by atoms with Gasteiger partial charge >= 0.3 is 6.01 Å². The number of anilines is 2. The molecule has 0 saturated heterocycles. The minimum atomic E-state index is -1.00. The van der Waals surface area contributed by atoms with Crippen molar-refractivity contribution < 1.29 is 9.53 Å². The van der Waals surface area contributed by atoms with Crippen molar-refractivity contribution in [3.63, 3.8) is 0 Å². The number of hydrogen-bond donors (Lipinski definition) is 4. The van der Waals surface area contributed by atoms with Gasteiger partial charge in [0.2, 0.25) is 17.8 Å². The summed E-state index contributed by atoms with van der Waals surface area (Å²) in [6.07, 6.45) is 0. The Kier molecular flexibility index (Phi) is 3.63. The number of nitrogens with one attached hydrogen (secondary N) is 2. The lowest BCUT2D eigenvalue weighted by Crippen LogP contribution is -2.45.